The van der Waals surface area contributed by atoms with Crippen molar-refractivity contribution in [3.05, 3.63) is 65.7 Å². The number of rotatable bonds is 6. The number of piperazine rings is 1. The first kappa shape index (κ1) is 25.1. The van der Waals surface area contributed by atoms with Gasteiger partial charge in [-0.05, 0) is 23.3 Å². The lowest BCUT2D eigenvalue weighted by Gasteiger charge is -2.36. The zero-order valence-corrected chi connectivity index (χ0v) is 21.0. The van der Waals surface area contributed by atoms with E-state index in [1.165, 1.54) is 5.56 Å². The molecule has 31 heavy (non-hydrogen) atoms. The Kier molecular flexibility index (Phi) is 10.3. The molecule has 3 rings (SSSR count). The Morgan fingerprint density at radius 2 is 1.61 bits per heavy atom. The number of aliphatic imine (C=N–C) groups is 1. The molecule has 2 N–H and O–H groups in total. The van der Waals surface area contributed by atoms with E-state index in [2.05, 4.69) is 55.8 Å². The lowest BCUT2D eigenvalue weighted by molar-refractivity contribution is -0.118. The van der Waals surface area contributed by atoms with Crippen LogP contribution >= 0.6 is 24.0 Å². The Hall–Kier alpha value is -2.13. The van der Waals surface area contributed by atoms with Gasteiger partial charge in [-0.25, -0.2) is 0 Å². The number of hydrogen-bond donors (Lipinski definition) is 2. The maximum Gasteiger partial charge on any atom is 0.226 e. The van der Waals surface area contributed by atoms with Gasteiger partial charge in [0.15, 0.2) is 5.96 Å². The number of benzene rings is 2. The van der Waals surface area contributed by atoms with E-state index in [1.54, 1.807) is 0 Å². The third-order valence-corrected chi connectivity index (χ3v) is 5.33. The van der Waals surface area contributed by atoms with Crippen molar-refractivity contribution in [2.24, 2.45) is 10.9 Å². The lowest BCUT2D eigenvalue weighted by atomic mass is 10.1. The van der Waals surface area contributed by atoms with Gasteiger partial charge in [-0.3, -0.25) is 14.7 Å². The first-order chi connectivity index (χ1) is 14.5. The van der Waals surface area contributed by atoms with E-state index in [1.807, 2.05) is 45.2 Å². The van der Waals surface area contributed by atoms with Crippen LogP contribution < -0.4 is 10.6 Å². The van der Waals surface area contributed by atoms with Crippen LogP contribution in [0.1, 0.15) is 25.0 Å². The molecule has 0 atom stereocenters. The van der Waals surface area contributed by atoms with Crippen LogP contribution in [0.2, 0.25) is 0 Å². The van der Waals surface area contributed by atoms with Crippen molar-refractivity contribution >= 4 is 41.5 Å². The van der Waals surface area contributed by atoms with Crippen molar-refractivity contribution < 1.29 is 4.79 Å². The Morgan fingerprint density at radius 3 is 2.19 bits per heavy atom. The van der Waals surface area contributed by atoms with Gasteiger partial charge in [-0.1, -0.05) is 56.3 Å². The number of carbonyl (C=O) groups is 1. The number of nitrogens with zero attached hydrogens (tertiary/aromatic N) is 3. The maximum atomic E-state index is 11.8. The van der Waals surface area contributed by atoms with E-state index in [4.69, 9.17) is 0 Å². The first-order valence-electron chi connectivity index (χ1n) is 10.7. The van der Waals surface area contributed by atoms with Gasteiger partial charge in [0.25, 0.3) is 0 Å². The Balaban J connectivity index is 0.00000341. The molecular weight excluding hydrogens is 501 g/mol. The number of guanidine groups is 1. The molecule has 168 valence electrons. The predicted molar refractivity (Wildman–Crippen MR) is 139 cm³/mol. The molecule has 0 aromatic heterocycles. The van der Waals surface area contributed by atoms with Gasteiger partial charge in [-0.15, -0.1) is 24.0 Å². The molecule has 0 spiro atoms. The van der Waals surface area contributed by atoms with Crippen molar-refractivity contribution in [2.45, 2.75) is 26.9 Å². The minimum atomic E-state index is -0.0252. The van der Waals surface area contributed by atoms with Crippen LogP contribution in [0, 0.1) is 5.92 Å². The molecule has 0 unspecified atom stereocenters. The molecule has 1 aliphatic heterocycles. The van der Waals surface area contributed by atoms with Crippen LogP contribution in [0.4, 0.5) is 5.69 Å². The van der Waals surface area contributed by atoms with Crippen LogP contribution in [0.5, 0.6) is 0 Å². The molecular formula is C24H34IN5O. The van der Waals surface area contributed by atoms with Gasteiger partial charge < -0.3 is 15.5 Å². The SMILES string of the molecule is CN=C(NCc1ccc(NC(=O)C(C)C)cc1)N1CCN(Cc2ccccc2)CC1.I. The molecule has 1 fully saturated rings. The average molecular weight is 535 g/mol. The fourth-order valence-electron chi connectivity index (χ4n) is 3.47. The number of anilines is 1. The largest absolute Gasteiger partial charge is 0.352 e. The highest BCUT2D eigenvalue weighted by Crippen LogP contribution is 2.12. The van der Waals surface area contributed by atoms with Crippen molar-refractivity contribution in [1.29, 1.82) is 0 Å². The zero-order valence-electron chi connectivity index (χ0n) is 18.7. The Morgan fingerprint density at radius 1 is 0.968 bits per heavy atom. The number of amides is 1. The summed E-state index contributed by atoms with van der Waals surface area (Å²) in [6.45, 7) is 9.47. The Bertz CT molecular complexity index is 831. The van der Waals surface area contributed by atoms with Crippen LogP contribution in [-0.2, 0) is 17.9 Å². The fraction of sp³-hybridized carbons (Fsp3) is 0.417. The molecule has 0 bridgehead atoms. The summed E-state index contributed by atoms with van der Waals surface area (Å²) in [7, 11) is 1.84. The lowest BCUT2D eigenvalue weighted by Crippen LogP contribution is -2.52. The monoisotopic (exact) mass is 535 g/mol. The first-order valence-corrected chi connectivity index (χ1v) is 10.7. The highest BCUT2D eigenvalue weighted by Gasteiger charge is 2.19. The van der Waals surface area contributed by atoms with Gasteiger partial charge >= 0.3 is 0 Å². The highest BCUT2D eigenvalue weighted by molar-refractivity contribution is 14.0. The second-order valence-corrected chi connectivity index (χ2v) is 7.99. The number of halogens is 1. The summed E-state index contributed by atoms with van der Waals surface area (Å²) >= 11 is 0. The summed E-state index contributed by atoms with van der Waals surface area (Å²) in [6.07, 6.45) is 0. The molecule has 1 aliphatic rings. The smallest absolute Gasteiger partial charge is 0.226 e. The molecule has 1 amide bonds. The van der Waals surface area contributed by atoms with Gasteiger partial charge in [0.1, 0.15) is 0 Å². The number of hydrogen-bond acceptors (Lipinski definition) is 3. The van der Waals surface area contributed by atoms with Gasteiger partial charge in [0.2, 0.25) is 5.91 Å². The van der Waals surface area contributed by atoms with E-state index in [-0.39, 0.29) is 35.8 Å². The topological polar surface area (TPSA) is 60.0 Å². The van der Waals surface area contributed by atoms with E-state index in [9.17, 15) is 4.79 Å². The third kappa shape index (κ3) is 7.81. The van der Waals surface area contributed by atoms with Crippen molar-refractivity contribution in [3.8, 4) is 0 Å². The summed E-state index contributed by atoms with van der Waals surface area (Å²) in [5.74, 6) is 0.946. The molecule has 1 heterocycles. The van der Waals surface area contributed by atoms with E-state index in [0.717, 1.165) is 49.9 Å². The second-order valence-electron chi connectivity index (χ2n) is 7.99. The van der Waals surface area contributed by atoms with E-state index in [0.29, 0.717) is 6.54 Å². The number of carbonyl (C=O) groups excluding carboxylic acids is 1. The quantitative estimate of drug-likeness (QED) is 0.336. The van der Waals surface area contributed by atoms with Crippen molar-refractivity contribution in [3.63, 3.8) is 0 Å². The summed E-state index contributed by atoms with van der Waals surface area (Å²) < 4.78 is 0. The molecule has 0 radical (unpaired) electrons. The fourth-order valence-corrected chi connectivity index (χ4v) is 3.47. The van der Waals surface area contributed by atoms with Crippen molar-refractivity contribution in [2.75, 3.05) is 38.5 Å². The number of nitrogens with one attached hydrogen (secondary N) is 2. The minimum absolute atomic E-state index is 0. The summed E-state index contributed by atoms with van der Waals surface area (Å²) in [6, 6.07) is 18.6. The molecule has 7 heteroatoms. The molecule has 2 aromatic rings. The molecule has 0 saturated carbocycles. The Labute approximate surface area is 203 Å². The van der Waals surface area contributed by atoms with Crippen molar-refractivity contribution in [1.82, 2.24) is 15.1 Å². The minimum Gasteiger partial charge on any atom is -0.352 e. The summed E-state index contributed by atoms with van der Waals surface area (Å²) in [5, 5.41) is 6.39. The standard InChI is InChI=1S/C24H33N5O.HI/c1-19(2)23(30)27-22-11-9-20(10-12-22)17-26-24(25-3)29-15-13-28(14-16-29)18-21-7-5-4-6-8-21;/h4-12,19H,13-18H2,1-3H3,(H,25,26)(H,27,30);1H. The molecule has 0 aliphatic carbocycles. The van der Waals surface area contributed by atoms with E-state index < -0.39 is 0 Å². The van der Waals surface area contributed by atoms with E-state index >= 15 is 0 Å². The molecule has 1 saturated heterocycles. The van der Waals surface area contributed by atoms with Gasteiger partial charge in [0, 0.05) is 57.9 Å². The summed E-state index contributed by atoms with van der Waals surface area (Å²) in [5.41, 5.74) is 3.35. The molecule has 2 aromatic carbocycles. The van der Waals surface area contributed by atoms with Gasteiger partial charge in [-0.2, -0.15) is 0 Å². The average Bonchev–Trinajstić information content (AvgIpc) is 2.77. The zero-order chi connectivity index (χ0) is 21.3. The third-order valence-electron chi connectivity index (χ3n) is 5.33. The van der Waals surface area contributed by atoms with Gasteiger partial charge in [0.05, 0.1) is 0 Å². The van der Waals surface area contributed by atoms with Crippen LogP contribution in [0.15, 0.2) is 59.6 Å². The van der Waals surface area contributed by atoms with Crippen LogP contribution in [-0.4, -0.2) is 54.9 Å². The molecule has 6 nitrogen and oxygen atoms in total. The highest BCUT2D eigenvalue weighted by atomic mass is 127. The maximum absolute atomic E-state index is 11.8. The normalized spacial score (nSPS) is 14.8. The van der Waals surface area contributed by atoms with Crippen LogP contribution in [0.25, 0.3) is 0 Å². The predicted octanol–water partition coefficient (Wildman–Crippen LogP) is 3.79. The second kappa shape index (κ2) is 12.7. The van der Waals surface area contributed by atoms with Crippen LogP contribution in [0.3, 0.4) is 0 Å². The summed E-state index contributed by atoms with van der Waals surface area (Å²) in [4.78, 5) is 21.1.